The van der Waals surface area contributed by atoms with E-state index in [1.807, 2.05) is 49.6 Å². The molecule has 1 aromatic carbocycles. The van der Waals surface area contributed by atoms with Gasteiger partial charge in [-0.25, -0.2) is 9.50 Å². The lowest BCUT2D eigenvalue weighted by molar-refractivity contribution is -0.137. The number of aliphatic carboxylic acids is 1. The number of rotatable bonds is 7. The Bertz CT molecular complexity index is 1010. The number of hydrogen-bond acceptors (Lipinski definition) is 4. The molecular weight excluding hydrogens is 344 g/mol. The molecule has 7 heteroatoms. The van der Waals surface area contributed by atoms with Crippen molar-refractivity contribution >= 4 is 28.4 Å². The molecule has 0 aliphatic heterocycles. The van der Waals surface area contributed by atoms with E-state index in [0.717, 1.165) is 33.5 Å². The Morgan fingerprint density at radius 2 is 1.96 bits per heavy atom. The second-order valence-corrected chi connectivity index (χ2v) is 6.91. The maximum absolute atomic E-state index is 12.2. The number of carbonyl (C=O) groups is 2. The van der Waals surface area contributed by atoms with Crippen LogP contribution in [0.15, 0.2) is 24.3 Å². The topological polar surface area (TPSA) is 96.6 Å². The number of amides is 1. The standard InChI is InChI=1S/C20H24N4O3/c1-12(8-11-19(26)27)21-18(25)10-9-15-13(2)22-20-16-6-4-5-7-17(16)23-24(20)14(15)3/h4-7,12H,8-11H2,1-3H3,(H,21,25)(H,26,27). The van der Waals surface area contributed by atoms with E-state index in [1.165, 1.54) is 0 Å². The number of carbonyl (C=O) groups excluding carboxylic acids is 1. The van der Waals surface area contributed by atoms with Crippen LogP contribution in [-0.2, 0) is 16.0 Å². The summed E-state index contributed by atoms with van der Waals surface area (Å²) in [5.74, 6) is -0.939. The Labute approximate surface area is 157 Å². The largest absolute Gasteiger partial charge is 0.481 e. The third-order valence-electron chi connectivity index (χ3n) is 4.82. The highest BCUT2D eigenvalue weighted by Gasteiger charge is 2.15. The van der Waals surface area contributed by atoms with E-state index in [9.17, 15) is 9.59 Å². The Kier molecular flexibility index (Phi) is 5.39. The molecule has 0 bridgehead atoms. The SMILES string of the molecule is Cc1nc2c3ccccc3nn2c(C)c1CCC(=O)NC(C)CCC(=O)O. The normalized spacial score (nSPS) is 12.4. The predicted octanol–water partition coefficient (Wildman–Crippen LogP) is 2.80. The van der Waals surface area contributed by atoms with Crippen LogP contribution < -0.4 is 5.32 Å². The highest BCUT2D eigenvalue weighted by atomic mass is 16.4. The lowest BCUT2D eigenvalue weighted by atomic mass is 10.1. The Hall–Kier alpha value is -2.96. The quantitative estimate of drug-likeness (QED) is 0.668. The highest BCUT2D eigenvalue weighted by Crippen LogP contribution is 2.22. The Morgan fingerprint density at radius 1 is 1.22 bits per heavy atom. The van der Waals surface area contributed by atoms with E-state index in [2.05, 4.69) is 10.4 Å². The van der Waals surface area contributed by atoms with Crippen LogP contribution in [0.3, 0.4) is 0 Å². The lowest BCUT2D eigenvalue weighted by Gasteiger charge is -2.14. The number of aromatic nitrogens is 3. The summed E-state index contributed by atoms with van der Waals surface area (Å²) in [6.07, 6.45) is 1.36. The maximum Gasteiger partial charge on any atom is 0.303 e. The molecule has 2 heterocycles. The number of nitrogens with one attached hydrogen (secondary N) is 1. The summed E-state index contributed by atoms with van der Waals surface area (Å²) < 4.78 is 1.85. The van der Waals surface area contributed by atoms with E-state index in [4.69, 9.17) is 10.1 Å². The van der Waals surface area contributed by atoms with Gasteiger partial charge >= 0.3 is 5.97 Å². The number of benzene rings is 1. The molecule has 0 fully saturated rings. The van der Waals surface area contributed by atoms with Gasteiger partial charge in [0.15, 0.2) is 5.65 Å². The molecular formula is C20H24N4O3. The second kappa shape index (κ2) is 7.73. The fourth-order valence-corrected chi connectivity index (χ4v) is 3.34. The molecule has 1 unspecified atom stereocenters. The first kappa shape index (κ1) is 18.8. The first-order valence-corrected chi connectivity index (χ1v) is 9.11. The van der Waals surface area contributed by atoms with E-state index in [1.54, 1.807) is 0 Å². The highest BCUT2D eigenvalue weighted by molar-refractivity contribution is 5.92. The predicted molar refractivity (Wildman–Crippen MR) is 103 cm³/mol. The molecule has 7 nitrogen and oxygen atoms in total. The first-order valence-electron chi connectivity index (χ1n) is 9.11. The molecule has 3 rings (SSSR count). The summed E-state index contributed by atoms with van der Waals surface area (Å²) >= 11 is 0. The van der Waals surface area contributed by atoms with Crippen LogP contribution in [0.2, 0.25) is 0 Å². The molecule has 0 spiro atoms. The van der Waals surface area contributed by atoms with Crippen molar-refractivity contribution in [1.82, 2.24) is 19.9 Å². The van der Waals surface area contributed by atoms with Crippen molar-refractivity contribution in [2.24, 2.45) is 0 Å². The van der Waals surface area contributed by atoms with Crippen molar-refractivity contribution < 1.29 is 14.7 Å². The van der Waals surface area contributed by atoms with Gasteiger partial charge < -0.3 is 10.4 Å². The number of carboxylic acids is 1. The smallest absolute Gasteiger partial charge is 0.303 e. The molecule has 0 aliphatic carbocycles. The number of hydrogen-bond donors (Lipinski definition) is 2. The molecule has 0 saturated carbocycles. The van der Waals surface area contributed by atoms with Gasteiger partial charge in [0.1, 0.15) is 0 Å². The molecule has 27 heavy (non-hydrogen) atoms. The maximum atomic E-state index is 12.2. The van der Waals surface area contributed by atoms with Crippen LogP contribution >= 0.6 is 0 Å². The molecule has 1 amide bonds. The van der Waals surface area contributed by atoms with Crippen LogP contribution in [0.25, 0.3) is 16.6 Å². The second-order valence-electron chi connectivity index (χ2n) is 6.91. The third kappa shape index (κ3) is 4.07. The van der Waals surface area contributed by atoms with E-state index < -0.39 is 5.97 Å². The van der Waals surface area contributed by atoms with Crippen molar-refractivity contribution in [3.8, 4) is 0 Å². The molecule has 1 atom stereocenters. The third-order valence-corrected chi connectivity index (χ3v) is 4.82. The van der Waals surface area contributed by atoms with Crippen molar-refractivity contribution in [2.75, 3.05) is 0 Å². The summed E-state index contributed by atoms with van der Waals surface area (Å²) in [6, 6.07) is 7.74. The van der Waals surface area contributed by atoms with E-state index in [-0.39, 0.29) is 18.4 Å². The average Bonchev–Trinajstić information content (AvgIpc) is 2.99. The summed E-state index contributed by atoms with van der Waals surface area (Å²) in [6.45, 7) is 5.77. The summed E-state index contributed by atoms with van der Waals surface area (Å²) in [5, 5.41) is 17.2. The number of nitrogens with zero attached hydrogens (tertiary/aromatic N) is 3. The monoisotopic (exact) mass is 368 g/mol. The van der Waals surface area contributed by atoms with Crippen molar-refractivity contribution in [3.05, 3.63) is 41.2 Å². The number of aryl methyl sites for hydroxylation is 2. The minimum atomic E-state index is -0.853. The minimum Gasteiger partial charge on any atom is -0.481 e. The summed E-state index contributed by atoms with van der Waals surface area (Å²) in [5.41, 5.74) is 4.63. The zero-order valence-corrected chi connectivity index (χ0v) is 15.8. The number of carboxylic acid groups (broad SMARTS) is 1. The van der Waals surface area contributed by atoms with Gasteiger partial charge in [-0.05, 0) is 51.3 Å². The zero-order chi connectivity index (χ0) is 19.6. The van der Waals surface area contributed by atoms with Gasteiger partial charge in [0.25, 0.3) is 0 Å². The Morgan fingerprint density at radius 3 is 2.70 bits per heavy atom. The molecule has 0 radical (unpaired) electrons. The fourth-order valence-electron chi connectivity index (χ4n) is 3.34. The number of fused-ring (bicyclic) bond motifs is 3. The van der Waals surface area contributed by atoms with Crippen LogP contribution in [0.4, 0.5) is 0 Å². The Balaban J connectivity index is 1.74. The summed E-state index contributed by atoms with van der Waals surface area (Å²) in [7, 11) is 0. The molecule has 142 valence electrons. The van der Waals surface area contributed by atoms with Crippen LogP contribution in [-0.4, -0.2) is 37.6 Å². The van der Waals surface area contributed by atoms with Crippen LogP contribution in [0.5, 0.6) is 0 Å². The van der Waals surface area contributed by atoms with E-state index >= 15 is 0 Å². The van der Waals surface area contributed by atoms with Crippen molar-refractivity contribution in [3.63, 3.8) is 0 Å². The van der Waals surface area contributed by atoms with Gasteiger partial charge in [-0.15, -0.1) is 0 Å². The van der Waals surface area contributed by atoms with Gasteiger partial charge in [0, 0.05) is 35.7 Å². The van der Waals surface area contributed by atoms with Crippen molar-refractivity contribution in [2.45, 2.75) is 52.5 Å². The fraction of sp³-hybridized carbons (Fsp3) is 0.400. The first-order chi connectivity index (χ1) is 12.9. The zero-order valence-electron chi connectivity index (χ0n) is 15.8. The van der Waals surface area contributed by atoms with Crippen LogP contribution in [0, 0.1) is 13.8 Å². The molecule has 0 aliphatic rings. The van der Waals surface area contributed by atoms with Crippen LogP contribution in [0.1, 0.15) is 43.1 Å². The van der Waals surface area contributed by atoms with Gasteiger partial charge in [-0.1, -0.05) is 12.1 Å². The molecule has 0 saturated heterocycles. The molecule has 2 aromatic heterocycles. The van der Waals surface area contributed by atoms with Gasteiger partial charge in [-0.2, -0.15) is 5.10 Å². The minimum absolute atomic E-state index is 0.0487. The van der Waals surface area contributed by atoms with Gasteiger partial charge in [0.2, 0.25) is 5.91 Å². The lowest BCUT2D eigenvalue weighted by Crippen LogP contribution is -2.33. The average molecular weight is 368 g/mol. The molecule has 3 aromatic rings. The van der Waals surface area contributed by atoms with E-state index in [0.29, 0.717) is 19.3 Å². The van der Waals surface area contributed by atoms with Gasteiger partial charge in [0.05, 0.1) is 5.52 Å². The van der Waals surface area contributed by atoms with Gasteiger partial charge in [-0.3, -0.25) is 9.59 Å². The summed E-state index contributed by atoms with van der Waals surface area (Å²) in [4.78, 5) is 27.5. The molecule has 2 N–H and O–H groups in total. The van der Waals surface area contributed by atoms with Crippen molar-refractivity contribution in [1.29, 1.82) is 0 Å².